The molecule has 0 saturated carbocycles. The third-order valence-corrected chi connectivity index (χ3v) is 4.65. The molecule has 1 aliphatic heterocycles. The highest BCUT2D eigenvalue weighted by Gasteiger charge is 2.31. The lowest BCUT2D eigenvalue weighted by molar-refractivity contribution is -0.137. The van der Waals surface area contributed by atoms with Gasteiger partial charge >= 0.3 is 0 Å². The van der Waals surface area contributed by atoms with E-state index in [0.717, 1.165) is 6.42 Å². The van der Waals surface area contributed by atoms with Gasteiger partial charge in [0, 0.05) is 39.9 Å². The summed E-state index contributed by atoms with van der Waals surface area (Å²) in [6, 6.07) is 10.2. The fourth-order valence-electron chi connectivity index (χ4n) is 3.21. The van der Waals surface area contributed by atoms with Gasteiger partial charge < -0.3 is 14.3 Å². The van der Waals surface area contributed by atoms with Gasteiger partial charge in [0.15, 0.2) is 5.82 Å². The van der Waals surface area contributed by atoms with Gasteiger partial charge in [0.1, 0.15) is 0 Å². The van der Waals surface area contributed by atoms with E-state index in [1.54, 1.807) is 23.8 Å². The van der Waals surface area contributed by atoms with Crippen LogP contribution in [-0.4, -0.2) is 58.4 Å². The first-order valence-electron chi connectivity index (χ1n) is 8.86. The van der Waals surface area contributed by atoms with Crippen molar-refractivity contribution >= 4 is 11.8 Å². The zero-order valence-electron chi connectivity index (χ0n) is 15.2. The van der Waals surface area contributed by atoms with Crippen LogP contribution in [-0.2, 0) is 22.4 Å². The topological polar surface area (TPSA) is 79.5 Å². The first-order chi connectivity index (χ1) is 12.5. The number of likely N-dealkylation sites (tertiary alicyclic amines) is 1. The van der Waals surface area contributed by atoms with E-state index in [9.17, 15) is 9.59 Å². The van der Waals surface area contributed by atoms with Gasteiger partial charge in [-0.1, -0.05) is 35.5 Å². The standard InChI is InChI=1S/C19H24N4O3/c1-14-20-17(21-26-14)8-9-22(2)19(25)13-23-12-16(11-18(23)24)10-15-6-4-3-5-7-15/h3-7,16H,8-13H2,1-2H3. The predicted octanol–water partition coefficient (Wildman–Crippen LogP) is 1.47. The van der Waals surface area contributed by atoms with Crippen LogP contribution in [0.5, 0.6) is 0 Å². The van der Waals surface area contributed by atoms with Gasteiger partial charge in [-0.15, -0.1) is 0 Å². The minimum Gasteiger partial charge on any atom is -0.344 e. The number of hydrogen-bond donors (Lipinski definition) is 0. The van der Waals surface area contributed by atoms with Crippen molar-refractivity contribution < 1.29 is 14.1 Å². The number of aryl methyl sites for hydroxylation is 1. The number of amides is 2. The normalized spacial score (nSPS) is 16.9. The maximum absolute atomic E-state index is 12.4. The van der Waals surface area contributed by atoms with E-state index in [0.29, 0.717) is 37.6 Å². The zero-order chi connectivity index (χ0) is 18.5. The maximum Gasteiger partial charge on any atom is 0.241 e. The van der Waals surface area contributed by atoms with Gasteiger partial charge in [-0.3, -0.25) is 9.59 Å². The van der Waals surface area contributed by atoms with Crippen LogP contribution in [0.3, 0.4) is 0 Å². The Morgan fingerprint density at radius 1 is 1.35 bits per heavy atom. The number of rotatable bonds is 7. The summed E-state index contributed by atoms with van der Waals surface area (Å²) in [5.74, 6) is 1.36. The van der Waals surface area contributed by atoms with Crippen LogP contribution < -0.4 is 0 Å². The minimum atomic E-state index is -0.0704. The monoisotopic (exact) mass is 356 g/mol. The van der Waals surface area contributed by atoms with E-state index in [2.05, 4.69) is 22.3 Å². The molecular formula is C19H24N4O3. The van der Waals surface area contributed by atoms with E-state index in [1.165, 1.54) is 5.56 Å². The lowest BCUT2D eigenvalue weighted by Gasteiger charge is -2.21. The summed E-state index contributed by atoms with van der Waals surface area (Å²) in [4.78, 5) is 32.1. The smallest absolute Gasteiger partial charge is 0.241 e. The van der Waals surface area contributed by atoms with Crippen LogP contribution in [0.1, 0.15) is 23.7 Å². The van der Waals surface area contributed by atoms with Crippen molar-refractivity contribution in [3.8, 4) is 0 Å². The molecule has 0 aliphatic carbocycles. The molecule has 0 radical (unpaired) electrons. The summed E-state index contributed by atoms with van der Waals surface area (Å²) in [6.07, 6.45) is 1.91. The molecule has 1 unspecified atom stereocenters. The number of likely N-dealkylation sites (N-methyl/N-ethyl adjacent to an activating group) is 1. The maximum atomic E-state index is 12.4. The summed E-state index contributed by atoms with van der Waals surface area (Å²) in [7, 11) is 1.73. The van der Waals surface area contributed by atoms with Crippen LogP contribution in [0, 0.1) is 12.8 Å². The quantitative estimate of drug-likeness (QED) is 0.751. The molecule has 0 N–H and O–H groups in total. The molecule has 1 fully saturated rings. The molecule has 1 saturated heterocycles. The highest BCUT2D eigenvalue weighted by Crippen LogP contribution is 2.22. The van der Waals surface area contributed by atoms with E-state index < -0.39 is 0 Å². The molecule has 26 heavy (non-hydrogen) atoms. The molecular weight excluding hydrogens is 332 g/mol. The van der Waals surface area contributed by atoms with Crippen molar-refractivity contribution in [2.75, 3.05) is 26.7 Å². The van der Waals surface area contributed by atoms with Crippen molar-refractivity contribution in [3.63, 3.8) is 0 Å². The molecule has 2 aromatic rings. The van der Waals surface area contributed by atoms with Crippen molar-refractivity contribution in [1.29, 1.82) is 0 Å². The molecule has 138 valence electrons. The molecule has 7 heteroatoms. The molecule has 7 nitrogen and oxygen atoms in total. The van der Waals surface area contributed by atoms with Gasteiger partial charge in [-0.2, -0.15) is 4.98 Å². The predicted molar refractivity (Wildman–Crippen MR) is 95.2 cm³/mol. The highest BCUT2D eigenvalue weighted by molar-refractivity contribution is 5.86. The van der Waals surface area contributed by atoms with Gasteiger partial charge in [-0.05, 0) is 17.9 Å². The molecule has 2 heterocycles. The van der Waals surface area contributed by atoms with Gasteiger partial charge in [0.2, 0.25) is 17.7 Å². The molecule has 1 atom stereocenters. The van der Waals surface area contributed by atoms with Crippen LogP contribution in [0.25, 0.3) is 0 Å². The van der Waals surface area contributed by atoms with E-state index in [1.807, 2.05) is 18.2 Å². The minimum absolute atomic E-state index is 0.0569. The second-order valence-electron chi connectivity index (χ2n) is 6.83. The number of hydrogen-bond acceptors (Lipinski definition) is 5. The molecule has 3 rings (SSSR count). The number of nitrogens with zero attached hydrogens (tertiary/aromatic N) is 4. The number of aromatic nitrogens is 2. The summed E-state index contributed by atoms with van der Waals surface area (Å²) in [5, 5.41) is 3.82. The first kappa shape index (κ1) is 18.1. The number of carbonyl (C=O) groups is 2. The van der Waals surface area contributed by atoms with E-state index in [4.69, 9.17) is 4.52 Å². The SMILES string of the molecule is Cc1nc(CCN(C)C(=O)CN2CC(Cc3ccccc3)CC2=O)no1. The molecule has 2 amide bonds. The Hall–Kier alpha value is -2.70. The zero-order valence-corrected chi connectivity index (χ0v) is 15.2. The highest BCUT2D eigenvalue weighted by atomic mass is 16.5. The van der Waals surface area contributed by atoms with Crippen LogP contribution >= 0.6 is 0 Å². The average Bonchev–Trinajstić information content (AvgIpc) is 3.19. The van der Waals surface area contributed by atoms with Crippen LogP contribution in [0.15, 0.2) is 34.9 Å². The molecule has 0 spiro atoms. The molecule has 1 aromatic carbocycles. The fraction of sp³-hybridized carbons (Fsp3) is 0.474. The summed E-state index contributed by atoms with van der Waals surface area (Å²) in [5.41, 5.74) is 1.23. The van der Waals surface area contributed by atoms with Crippen LogP contribution in [0.2, 0.25) is 0 Å². The second kappa shape index (κ2) is 8.12. The Balaban J connectivity index is 1.46. The Labute approximate surface area is 153 Å². The second-order valence-corrected chi connectivity index (χ2v) is 6.83. The van der Waals surface area contributed by atoms with E-state index in [-0.39, 0.29) is 24.3 Å². The fourth-order valence-corrected chi connectivity index (χ4v) is 3.21. The average molecular weight is 356 g/mol. The van der Waals surface area contributed by atoms with Crippen molar-refractivity contribution in [3.05, 3.63) is 47.6 Å². The number of benzene rings is 1. The molecule has 0 bridgehead atoms. The lowest BCUT2D eigenvalue weighted by atomic mass is 9.99. The lowest BCUT2D eigenvalue weighted by Crippen LogP contribution is -2.40. The summed E-state index contributed by atoms with van der Waals surface area (Å²) >= 11 is 0. The van der Waals surface area contributed by atoms with Crippen molar-refractivity contribution in [2.45, 2.75) is 26.2 Å². The third-order valence-electron chi connectivity index (χ3n) is 4.65. The Bertz CT molecular complexity index is 759. The Morgan fingerprint density at radius 2 is 2.12 bits per heavy atom. The van der Waals surface area contributed by atoms with Crippen molar-refractivity contribution in [2.24, 2.45) is 5.92 Å². The van der Waals surface area contributed by atoms with Gasteiger partial charge in [0.25, 0.3) is 0 Å². The Kier molecular flexibility index (Phi) is 5.65. The summed E-state index contributed by atoms with van der Waals surface area (Å²) < 4.78 is 4.92. The molecule has 1 aromatic heterocycles. The summed E-state index contributed by atoms with van der Waals surface area (Å²) in [6.45, 7) is 2.99. The number of carbonyl (C=O) groups excluding carboxylic acids is 2. The van der Waals surface area contributed by atoms with E-state index >= 15 is 0 Å². The van der Waals surface area contributed by atoms with Crippen molar-refractivity contribution in [1.82, 2.24) is 19.9 Å². The van der Waals surface area contributed by atoms with Gasteiger partial charge in [0.05, 0.1) is 6.54 Å². The largest absolute Gasteiger partial charge is 0.344 e. The van der Waals surface area contributed by atoms with Gasteiger partial charge in [-0.25, -0.2) is 0 Å². The molecule has 1 aliphatic rings. The first-order valence-corrected chi connectivity index (χ1v) is 8.86. The van der Waals surface area contributed by atoms with Crippen LogP contribution in [0.4, 0.5) is 0 Å². The Morgan fingerprint density at radius 3 is 2.81 bits per heavy atom. The third kappa shape index (κ3) is 4.68.